The predicted molar refractivity (Wildman–Crippen MR) is 83.5 cm³/mol. The summed E-state index contributed by atoms with van der Waals surface area (Å²) in [5, 5.41) is 7.24. The quantitative estimate of drug-likeness (QED) is 0.792. The van der Waals surface area contributed by atoms with Crippen LogP contribution in [-0.2, 0) is 10.2 Å². The molecule has 20 heavy (non-hydrogen) atoms. The fraction of sp³-hybridized carbons (Fsp3) is 0.533. The standard InChI is InChI=1S/C15H20Cl2N2O/c1-2-18-8-9-19-14(20)15(6-3-7-15)11-4-5-12(16)13(17)10-11/h4-5,10,18H,2-3,6-9H2,1H3,(H,19,20). The van der Waals surface area contributed by atoms with Crippen LogP contribution in [0.1, 0.15) is 31.7 Å². The van der Waals surface area contributed by atoms with E-state index in [9.17, 15) is 4.79 Å². The van der Waals surface area contributed by atoms with Crippen LogP contribution in [0.15, 0.2) is 18.2 Å². The van der Waals surface area contributed by atoms with Gasteiger partial charge in [-0.05, 0) is 37.1 Å². The monoisotopic (exact) mass is 314 g/mol. The van der Waals surface area contributed by atoms with Crippen molar-refractivity contribution in [2.75, 3.05) is 19.6 Å². The molecule has 1 aliphatic carbocycles. The molecule has 0 unspecified atom stereocenters. The lowest BCUT2D eigenvalue weighted by Gasteiger charge is -2.41. The average molecular weight is 315 g/mol. The minimum absolute atomic E-state index is 0.0973. The second-order valence-corrected chi connectivity index (χ2v) is 5.99. The molecule has 1 amide bonds. The molecular formula is C15H20Cl2N2O. The lowest BCUT2D eigenvalue weighted by Crippen LogP contribution is -2.50. The fourth-order valence-electron chi connectivity index (χ4n) is 2.58. The zero-order chi connectivity index (χ0) is 14.6. The van der Waals surface area contributed by atoms with Gasteiger partial charge in [0.1, 0.15) is 0 Å². The van der Waals surface area contributed by atoms with Crippen molar-refractivity contribution in [2.24, 2.45) is 0 Å². The topological polar surface area (TPSA) is 41.1 Å². The molecule has 1 aliphatic rings. The number of halogens is 2. The number of carbonyl (C=O) groups is 1. The molecule has 1 aromatic carbocycles. The molecule has 1 fully saturated rings. The molecule has 0 radical (unpaired) electrons. The second kappa shape index (κ2) is 6.79. The highest BCUT2D eigenvalue weighted by molar-refractivity contribution is 6.42. The summed E-state index contributed by atoms with van der Waals surface area (Å²) >= 11 is 12.0. The minimum atomic E-state index is -0.416. The Morgan fingerprint density at radius 2 is 2.00 bits per heavy atom. The zero-order valence-corrected chi connectivity index (χ0v) is 13.2. The van der Waals surface area contributed by atoms with Crippen molar-refractivity contribution in [1.29, 1.82) is 0 Å². The number of rotatable bonds is 6. The Bertz CT molecular complexity index is 487. The van der Waals surface area contributed by atoms with Gasteiger partial charge in [-0.3, -0.25) is 4.79 Å². The normalized spacial score (nSPS) is 16.6. The third-order valence-electron chi connectivity index (χ3n) is 3.95. The summed E-state index contributed by atoms with van der Waals surface area (Å²) < 4.78 is 0. The lowest BCUT2D eigenvalue weighted by atomic mass is 9.64. The molecule has 2 rings (SSSR count). The maximum atomic E-state index is 12.5. The minimum Gasteiger partial charge on any atom is -0.354 e. The molecule has 0 bridgehead atoms. The van der Waals surface area contributed by atoms with Crippen LogP contribution in [0.5, 0.6) is 0 Å². The number of hydrogen-bond acceptors (Lipinski definition) is 2. The van der Waals surface area contributed by atoms with Gasteiger partial charge in [-0.15, -0.1) is 0 Å². The molecule has 3 nitrogen and oxygen atoms in total. The van der Waals surface area contributed by atoms with Gasteiger partial charge in [0.2, 0.25) is 5.91 Å². The van der Waals surface area contributed by atoms with Gasteiger partial charge >= 0.3 is 0 Å². The zero-order valence-electron chi connectivity index (χ0n) is 11.6. The molecule has 1 saturated carbocycles. The van der Waals surface area contributed by atoms with Crippen LogP contribution in [-0.4, -0.2) is 25.5 Å². The average Bonchev–Trinajstić information content (AvgIpc) is 2.37. The molecule has 0 saturated heterocycles. The van der Waals surface area contributed by atoms with Gasteiger partial charge in [-0.2, -0.15) is 0 Å². The van der Waals surface area contributed by atoms with Crippen LogP contribution in [0.2, 0.25) is 10.0 Å². The molecule has 2 N–H and O–H groups in total. The number of benzene rings is 1. The van der Waals surface area contributed by atoms with Crippen molar-refractivity contribution in [2.45, 2.75) is 31.6 Å². The SMILES string of the molecule is CCNCCNC(=O)C1(c2ccc(Cl)c(Cl)c2)CCC1. The Labute approximate surface area is 130 Å². The summed E-state index contributed by atoms with van der Waals surface area (Å²) in [7, 11) is 0. The number of nitrogens with one attached hydrogen (secondary N) is 2. The number of amides is 1. The van der Waals surface area contributed by atoms with Crippen molar-refractivity contribution in [1.82, 2.24) is 10.6 Å². The van der Waals surface area contributed by atoms with Crippen molar-refractivity contribution < 1.29 is 4.79 Å². The number of carbonyl (C=O) groups excluding carboxylic acids is 1. The number of likely N-dealkylation sites (N-methyl/N-ethyl adjacent to an activating group) is 1. The van der Waals surface area contributed by atoms with Crippen LogP contribution < -0.4 is 10.6 Å². The molecule has 0 atom stereocenters. The Morgan fingerprint density at radius 1 is 1.25 bits per heavy atom. The summed E-state index contributed by atoms with van der Waals surface area (Å²) in [6.07, 6.45) is 2.82. The lowest BCUT2D eigenvalue weighted by molar-refractivity contribution is -0.129. The van der Waals surface area contributed by atoms with Crippen LogP contribution >= 0.6 is 23.2 Å². The summed E-state index contributed by atoms with van der Waals surface area (Å²) in [5.74, 6) is 0.0973. The Balaban J connectivity index is 2.08. The summed E-state index contributed by atoms with van der Waals surface area (Å²) in [5.41, 5.74) is 0.555. The molecular weight excluding hydrogens is 295 g/mol. The van der Waals surface area contributed by atoms with Crippen LogP contribution in [0.25, 0.3) is 0 Å². The fourth-order valence-corrected chi connectivity index (χ4v) is 2.88. The first-order valence-corrected chi connectivity index (χ1v) is 7.80. The molecule has 110 valence electrons. The second-order valence-electron chi connectivity index (χ2n) is 5.17. The number of hydrogen-bond donors (Lipinski definition) is 2. The van der Waals surface area contributed by atoms with E-state index in [1.807, 2.05) is 19.1 Å². The van der Waals surface area contributed by atoms with Crippen LogP contribution in [0.3, 0.4) is 0 Å². The van der Waals surface area contributed by atoms with Gasteiger partial charge in [0.05, 0.1) is 15.5 Å². The highest BCUT2D eigenvalue weighted by Crippen LogP contribution is 2.45. The molecule has 0 spiro atoms. The van der Waals surface area contributed by atoms with Crippen LogP contribution in [0.4, 0.5) is 0 Å². The van der Waals surface area contributed by atoms with Gasteiger partial charge in [0.25, 0.3) is 0 Å². The summed E-state index contributed by atoms with van der Waals surface area (Å²) in [4.78, 5) is 12.5. The first kappa shape index (κ1) is 15.6. The third kappa shape index (κ3) is 3.11. The highest BCUT2D eigenvalue weighted by Gasteiger charge is 2.45. The van der Waals surface area contributed by atoms with Crippen molar-refractivity contribution >= 4 is 29.1 Å². The van der Waals surface area contributed by atoms with E-state index in [2.05, 4.69) is 10.6 Å². The Kier molecular flexibility index (Phi) is 5.30. The van der Waals surface area contributed by atoms with Crippen molar-refractivity contribution in [3.05, 3.63) is 33.8 Å². The first-order chi connectivity index (χ1) is 9.60. The Morgan fingerprint density at radius 3 is 2.55 bits per heavy atom. The van der Waals surface area contributed by atoms with Crippen molar-refractivity contribution in [3.63, 3.8) is 0 Å². The van der Waals surface area contributed by atoms with E-state index in [4.69, 9.17) is 23.2 Å². The van der Waals surface area contributed by atoms with E-state index in [-0.39, 0.29) is 5.91 Å². The van der Waals surface area contributed by atoms with Crippen LogP contribution in [0, 0.1) is 0 Å². The van der Waals surface area contributed by atoms with Gasteiger partial charge < -0.3 is 10.6 Å². The maximum absolute atomic E-state index is 12.5. The van der Waals surface area contributed by atoms with E-state index in [1.54, 1.807) is 6.07 Å². The van der Waals surface area contributed by atoms with Crippen molar-refractivity contribution in [3.8, 4) is 0 Å². The van der Waals surface area contributed by atoms with Gasteiger partial charge in [0.15, 0.2) is 0 Å². The first-order valence-electron chi connectivity index (χ1n) is 7.04. The van der Waals surface area contributed by atoms with E-state index in [0.717, 1.165) is 37.9 Å². The van der Waals surface area contributed by atoms with Gasteiger partial charge in [-0.25, -0.2) is 0 Å². The van der Waals surface area contributed by atoms with E-state index in [0.29, 0.717) is 16.6 Å². The molecule has 0 heterocycles. The Hall–Kier alpha value is -0.770. The van der Waals surface area contributed by atoms with Gasteiger partial charge in [0, 0.05) is 13.1 Å². The molecule has 0 aromatic heterocycles. The van der Waals surface area contributed by atoms with E-state index in [1.165, 1.54) is 0 Å². The molecule has 5 heteroatoms. The molecule has 0 aliphatic heterocycles. The summed E-state index contributed by atoms with van der Waals surface area (Å²) in [6.45, 7) is 4.40. The highest BCUT2D eigenvalue weighted by atomic mass is 35.5. The predicted octanol–water partition coefficient (Wildman–Crippen LogP) is 3.14. The van der Waals surface area contributed by atoms with E-state index < -0.39 is 5.41 Å². The maximum Gasteiger partial charge on any atom is 0.230 e. The smallest absolute Gasteiger partial charge is 0.230 e. The largest absolute Gasteiger partial charge is 0.354 e. The van der Waals surface area contributed by atoms with Gasteiger partial charge in [-0.1, -0.05) is 42.6 Å². The third-order valence-corrected chi connectivity index (χ3v) is 4.69. The summed E-state index contributed by atoms with van der Waals surface area (Å²) in [6, 6.07) is 5.51. The van der Waals surface area contributed by atoms with E-state index >= 15 is 0 Å². The molecule has 1 aromatic rings.